The zero-order valence-electron chi connectivity index (χ0n) is 10.0. The molecule has 0 spiro atoms. The Balaban J connectivity index is 2.12. The summed E-state index contributed by atoms with van der Waals surface area (Å²) in [4.78, 5) is 6.64. The summed E-state index contributed by atoms with van der Waals surface area (Å²) < 4.78 is 0. The highest BCUT2D eigenvalue weighted by Crippen LogP contribution is 2.21. The van der Waals surface area contributed by atoms with Crippen LogP contribution in [0.1, 0.15) is 25.3 Å². The van der Waals surface area contributed by atoms with Crippen LogP contribution in [-0.2, 0) is 0 Å². The molecule has 1 aliphatic heterocycles. The van der Waals surface area contributed by atoms with Crippen molar-refractivity contribution in [2.24, 2.45) is 16.8 Å². The van der Waals surface area contributed by atoms with Gasteiger partial charge in [0.25, 0.3) is 0 Å². The van der Waals surface area contributed by atoms with E-state index in [0.717, 1.165) is 18.9 Å². The van der Waals surface area contributed by atoms with Crippen molar-refractivity contribution in [2.45, 2.75) is 19.8 Å². The normalized spacial score (nSPS) is 21.6. The summed E-state index contributed by atoms with van der Waals surface area (Å²) in [5, 5.41) is 11.5. The van der Waals surface area contributed by atoms with Gasteiger partial charge in [-0.2, -0.15) is 0 Å². The molecule has 1 atom stereocenters. The first-order valence-electron chi connectivity index (χ1n) is 5.89. The highest BCUT2D eigenvalue weighted by atomic mass is 16.4. The second-order valence-electron chi connectivity index (χ2n) is 4.58. The number of amidine groups is 1. The van der Waals surface area contributed by atoms with Crippen LogP contribution in [0, 0.1) is 5.92 Å². The van der Waals surface area contributed by atoms with Crippen LogP contribution in [0.5, 0.6) is 0 Å². The van der Waals surface area contributed by atoms with Crippen LogP contribution in [0.25, 0.3) is 0 Å². The first-order chi connectivity index (χ1) is 8.20. The van der Waals surface area contributed by atoms with Crippen LogP contribution >= 0.6 is 0 Å². The van der Waals surface area contributed by atoms with E-state index in [4.69, 9.17) is 10.9 Å². The van der Waals surface area contributed by atoms with Crippen molar-refractivity contribution in [2.75, 3.05) is 18.0 Å². The Bertz CT molecular complexity index is 401. The summed E-state index contributed by atoms with van der Waals surface area (Å²) in [5.41, 5.74) is 6.13. The van der Waals surface area contributed by atoms with Gasteiger partial charge in [-0.15, -0.1) is 0 Å². The molecule has 1 fully saturated rings. The smallest absolute Gasteiger partial charge is 0.171 e. The molecular formula is C12H18N4O. The lowest BCUT2D eigenvalue weighted by Gasteiger charge is -2.31. The van der Waals surface area contributed by atoms with Gasteiger partial charge in [-0.25, -0.2) is 4.98 Å². The molecule has 5 heteroatoms. The molecule has 0 radical (unpaired) electrons. The van der Waals surface area contributed by atoms with E-state index in [1.807, 2.05) is 12.1 Å². The summed E-state index contributed by atoms with van der Waals surface area (Å²) in [6, 6.07) is 3.75. The number of aromatic nitrogens is 1. The van der Waals surface area contributed by atoms with Crippen molar-refractivity contribution in [3.63, 3.8) is 0 Å². The second kappa shape index (κ2) is 5.03. The molecule has 2 heterocycles. The van der Waals surface area contributed by atoms with Gasteiger partial charge >= 0.3 is 0 Å². The van der Waals surface area contributed by atoms with Crippen molar-refractivity contribution in [3.8, 4) is 0 Å². The van der Waals surface area contributed by atoms with Gasteiger partial charge in [0.05, 0.1) is 0 Å². The van der Waals surface area contributed by atoms with E-state index in [0.29, 0.717) is 11.5 Å². The molecule has 3 N–H and O–H groups in total. The number of piperidine rings is 1. The van der Waals surface area contributed by atoms with Gasteiger partial charge < -0.3 is 15.8 Å². The van der Waals surface area contributed by atoms with Crippen LogP contribution in [0.4, 0.5) is 5.82 Å². The van der Waals surface area contributed by atoms with Gasteiger partial charge in [0.1, 0.15) is 5.82 Å². The zero-order valence-corrected chi connectivity index (χ0v) is 10.0. The van der Waals surface area contributed by atoms with E-state index >= 15 is 0 Å². The number of hydrogen-bond donors (Lipinski definition) is 2. The monoisotopic (exact) mass is 234 g/mol. The SMILES string of the molecule is CC1CCCN(c2ccc(C(N)=NO)cn2)C1. The third-order valence-corrected chi connectivity index (χ3v) is 3.13. The number of oxime groups is 1. The molecule has 1 saturated heterocycles. The Morgan fingerprint density at radius 3 is 3.00 bits per heavy atom. The maximum absolute atomic E-state index is 8.57. The molecule has 0 saturated carbocycles. The lowest BCUT2D eigenvalue weighted by atomic mass is 10.0. The van der Waals surface area contributed by atoms with Crippen molar-refractivity contribution < 1.29 is 5.21 Å². The average Bonchev–Trinajstić information content (AvgIpc) is 2.38. The number of nitrogens with zero attached hydrogens (tertiary/aromatic N) is 3. The number of pyridine rings is 1. The number of hydrogen-bond acceptors (Lipinski definition) is 4. The highest BCUT2D eigenvalue weighted by molar-refractivity contribution is 5.96. The third kappa shape index (κ3) is 2.67. The van der Waals surface area contributed by atoms with Crippen molar-refractivity contribution >= 4 is 11.7 Å². The predicted octanol–water partition coefficient (Wildman–Crippen LogP) is 1.41. The Hall–Kier alpha value is -1.78. The Morgan fingerprint density at radius 1 is 1.59 bits per heavy atom. The number of anilines is 1. The fraction of sp³-hybridized carbons (Fsp3) is 0.500. The Kier molecular flexibility index (Phi) is 3.46. The molecule has 1 aromatic heterocycles. The summed E-state index contributed by atoms with van der Waals surface area (Å²) in [6.07, 6.45) is 4.15. The molecule has 0 bridgehead atoms. The molecule has 17 heavy (non-hydrogen) atoms. The van der Waals surface area contributed by atoms with Crippen LogP contribution in [0.3, 0.4) is 0 Å². The topological polar surface area (TPSA) is 74.7 Å². The molecule has 1 aliphatic rings. The molecule has 0 aliphatic carbocycles. The minimum Gasteiger partial charge on any atom is -0.409 e. The van der Waals surface area contributed by atoms with Crippen LogP contribution in [0.15, 0.2) is 23.5 Å². The number of nitrogens with two attached hydrogens (primary N) is 1. The van der Waals surface area contributed by atoms with E-state index in [1.165, 1.54) is 12.8 Å². The van der Waals surface area contributed by atoms with Gasteiger partial charge in [0, 0.05) is 24.8 Å². The molecule has 1 aromatic rings. The van der Waals surface area contributed by atoms with Crippen LogP contribution in [0.2, 0.25) is 0 Å². The van der Waals surface area contributed by atoms with E-state index in [9.17, 15) is 0 Å². The fourth-order valence-corrected chi connectivity index (χ4v) is 2.18. The summed E-state index contributed by atoms with van der Waals surface area (Å²) in [5.74, 6) is 1.77. The minimum absolute atomic E-state index is 0.0936. The van der Waals surface area contributed by atoms with Gasteiger partial charge in [-0.05, 0) is 30.9 Å². The quantitative estimate of drug-likeness (QED) is 0.351. The molecule has 0 amide bonds. The van der Waals surface area contributed by atoms with Gasteiger partial charge in [0.15, 0.2) is 5.84 Å². The first-order valence-corrected chi connectivity index (χ1v) is 5.89. The largest absolute Gasteiger partial charge is 0.409 e. The summed E-state index contributed by atoms with van der Waals surface area (Å²) >= 11 is 0. The first kappa shape index (κ1) is 11.7. The van der Waals surface area contributed by atoms with E-state index < -0.39 is 0 Å². The van der Waals surface area contributed by atoms with Crippen LogP contribution < -0.4 is 10.6 Å². The van der Waals surface area contributed by atoms with Crippen molar-refractivity contribution in [1.29, 1.82) is 0 Å². The zero-order chi connectivity index (χ0) is 12.3. The maximum atomic E-state index is 8.57. The Morgan fingerprint density at radius 2 is 2.41 bits per heavy atom. The third-order valence-electron chi connectivity index (χ3n) is 3.13. The highest BCUT2D eigenvalue weighted by Gasteiger charge is 2.17. The van der Waals surface area contributed by atoms with Gasteiger partial charge in [0.2, 0.25) is 0 Å². The van der Waals surface area contributed by atoms with E-state index in [2.05, 4.69) is 22.0 Å². The van der Waals surface area contributed by atoms with Crippen LogP contribution in [-0.4, -0.2) is 29.1 Å². The molecule has 0 aromatic carbocycles. The fourth-order valence-electron chi connectivity index (χ4n) is 2.18. The molecule has 1 unspecified atom stereocenters. The van der Waals surface area contributed by atoms with Gasteiger partial charge in [-0.1, -0.05) is 12.1 Å². The molecular weight excluding hydrogens is 216 g/mol. The predicted molar refractivity (Wildman–Crippen MR) is 67.4 cm³/mol. The van der Waals surface area contributed by atoms with Gasteiger partial charge in [-0.3, -0.25) is 0 Å². The standard InChI is InChI=1S/C12H18N4O/c1-9-3-2-6-16(8-9)11-5-4-10(7-14-11)12(13)15-17/h4-5,7,9,17H,2-3,6,8H2,1H3,(H2,13,15). The Labute approximate surface area is 101 Å². The average molecular weight is 234 g/mol. The van der Waals surface area contributed by atoms with Crippen molar-refractivity contribution in [3.05, 3.63) is 23.9 Å². The maximum Gasteiger partial charge on any atom is 0.171 e. The minimum atomic E-state index is 0.0936. The van der Waals surface area contributed by atoms with E-state index in [-0.39, 0.29) is 5.84 Å². The lowest BCUT2D eigenvalue weighted by Crippen LogP contribution is -2.34. The number of rotatable bonds is 2. The summed E-state index contributed by atoms with van der Waals surface area (Å²) in [6.45, 7) is 4.37. The second-order valence-corrected chi connectivity index (χ2v) is 4.58. The molecule has 92 valence electrons. The molecule has 5 nitrogen and oxygen atoms in total. The van der Waals surface area contributed by atoms with Crippen molar-refractivity contribution in [1.82, 2.24) is 4.98 Å². The lowest BCUT2D eigenvalue weighted by molar-refractivity contribution is 0.318. The summed E-state index contributed by atoms with van der Waals surface area (Å²) in [7, 11) is 0. The van der Waals surface area contributed by atoms with E-state index in [1.54, 1.807) is 6.20 Å². The molecule has 2 rings (SSSR count).